The highest BCUT2D eigenvalue weighted by molar-refractivity contribution is 8.00. The zero-order valence-corrected chi connectivity index (χ0v) is 12.5. The quantitative estimate of drug-likeness (QED) is 0.911. The molecule has 3 rings (SSSR count). The van der Waals surface area contributed by atoms with Crippen LogP contribution in [-0.4, -0.2) is 48.8 Å². The number of amides is 1. The van der Waals surface area contributed by atoms with E-state index in [0.29, 0.717) is 11.4 Å². The van der Waals surface area contributed by atoms with Crippen LogP contribution in [0.2, 0.25) is 0 Å². The van der Waals surface area contributed by atoms with Gasteiger partial charge in [-0.25, -0.2) is 4.79 Å². The van der Waals surface area contributed by atoms with Crippen molar-refractivity contribution >= 4 is 34.5 Å². The molecule has 0 bridgehead atoms. The first-order valence-corrected chi connectivity index (χ1v) is 7.64. The van der Waals surface area contributed by atoms with Crippen molar-refractivity contribution in [2.24, 2.45) is 7.05 Å². The number of para-hydroxylation sites is 1. The van der Waals surface area contributed by atoms with Gasteiger partial charge in [0.1, 0.15) is 6.04 Å². The first-order chi connectivity index (χ1) is 10.0. The van der Waals surface area contributed by atoms with Crippen molar-refractivity contribution in [1.29, 1.82) is 0 Å². The average molecular weight is 305 g/mol. The molecule has 2 aromatic rings. The van der Waals surface area contributed by atoms with Gasteiger partial charge in [0.05, 0.1) is 10.9 Å². The highest BCUT2D eigenvalue weighted by Crippen LogP contribution is 2.31. The van der Waals surface area contributed by atoms with Crippen LogP contribution >= 0.6 is 11.8 Å². The Balaban J connectivity index is 2.06. The molecule has 1 amide bonds. The standard InChI is InChI=1S/C14H15N3O3S/c1-8-17(11(7-21-8)14(19)20)13(18)12-9-5-3-4-6-10(9)16(2)15-12/h3-6,8,11H,7H2,1-2H3,(H,19,20). The number of aryl methyl sites for hydroxylation is 1. The molecule has 2 unspecified atom stereocenters. The van der Waals surface area contributed by atoms with Gasteiger partial charge < -0.3 is 10.0 Å². The van der Waals surface area contributed by atoms with Crippen LogP contribution in [0.15, 0.2) is 24.3 Å². The van der Waals surface area contributed by atoms with Crippen LogP contribution in [0.5, 0.6) is 0 Å². The van der Waals surface area contributed by atoms with E-state index in [-0.39, 0.29) is 11.3 Å². The number of aliphatic carboxylic acids is 1. The zero-order chi connectivity index (χ0) is 15.1. The predicted octanol–water partition coefficient (Wildman–Crippen LogP) is 1.56. The fourth-order valence-corrected chi connectivity index (χ4v) is 3.80. The number of hydrogen-bond acceptors (Lipinski definition) is 4. The summed E-state index contributed by atoms with van der Waals surface area (Å²) in [6.45, 7) is 1.84. The second kappa shape index (κ2) is 5.07. The van der Waals surface area contributed by atoms with Crippen LogP contribution in [0.25, 0.3) is 10.9 Å². The Morgan fingerprint density at radius 3 is 2.81 bits per heavy atom. The summed E-state index contributed by atoms with van der Waals surface area (Å²) < 4.78 is 1.65. The van der Waals surface area contributed by atoms with Gasteiger partial charge in [-0.05, 0) is 13.0 Å². The normalized spacial score (nSPS) is 21.9. The van der Waals surface area contributed by atoms with Gasteiger partial charge in [-0.3, -0.25) is 9.48 Å². The lowest BCUT2D eigenvalue weighted by atomic mass is 10.1. The first kappa shape index (κ1) is 13.9. The molecule has 1 aliphatic rings. The third-order valence-corrected chi connectivity index (χ3v) is 4.92. The molecule has 1 saturated heterocycles. The maximum absolute atomic E-state index is 12.8. The van der Waals surface area contributed by atoms with Gasteiger partial charge in [-0.2, -0.15) is 5.10 Å². The monoisotopic (exact) mass is 305 g/mol. The summed E-state index contributed by atoms with van der Waals surface area (Å²) in [7, 11) is 1.77. The van der Waals surface area contributed by atoms with Gasteiger partial charge in [-0.1, -0.05) is 18.2 Å². The van der Waals surface area contributed by atoms with Crippen molar-refractivity contribution in [3.63, 3.8) is 0 Å². The summed E-state index contributed by atoms with van der Waals surface area (Å²) in [5.74, 6) is -0.885. The van der Waals surface area contributed by atoms with E-state index in [2.05, 4.69) is 5.10 Å². The number of nitrogens with zero attached hydrogens (tertiary/aromatic N) is 3. The Morgan fingerprint density at radius 1 is 1.38 bits per heavy atom. The smallest absolute Gasteiger partial charge is 0.327 e. The van der Waals surface area contributed by atoms with E-state index in [0.717, 1.165) is 10.9 Å². The maximum atomic E-state index is 12.8. The third kappa shape index (κ3) is 2.17. The van der Waals surface area contributed by atoms with Gasteiger partial charge in [-0.15, -0.1) is 11.8 Å². The molecule has 0 aliphatic carbocycles. The Hall–Kier alpha value is -2.02. The van der Waals surface area contributed by atoms with E-state index < -0.39 is 12.0 Å². The minimum atomic E-state index is -0.972. The number of aromatic nitrogens is 2. The van der Waals surface area contributed by atoms with Crippen LogP contribution in [-0.2, 0) is 11.8 Å². The maximum Gasteiger partial charge on any atom is 0.327 e. The molecule has 2 atom stereocenters. The van der Waals surface area contributed by atoms with E-state index in [9.17, 15) is 14.7 Å². The van der Waals surface area contributed by atoms with Crippen molar-refractivity contribution in [2.75, 3.05) is 5.75 Å². The fourth-order valence-electron chi connectivity index (χ4n) is 2.64. The van der Waals surface area contributed by atoms with Crippen molar-refractivity contribution < 1.29 is 14.7 Å². The van der Waals surface area contributed by atoms with Crippen LogP contribution in [0.4, 0.5) is 0 Å². The van der Waals surface area contributed by atoms with Crippen molar-refractivity contribution in [3.05, 3.63) is 30.0 Å². The lowest BCUT2D eigenvalue weighted by Gasteiger charge is -2.24. The summed E-state index contributed by atoms with van der Waals surface area (Å²) in [6.07, 6.45) is 0. The number of rotatable bonds is 2. The molecule has 0 radical (unpaired) electrons. The van der Waals surface area contributed by atoms with Gasteiger partial charge in [0.2, 0.25) is 0 Å². The Labute approximate surface area is 125 Å². The van der Waals surface area contributed by atoms with Crippen molar-refractivity contribution in [1.82, 2.24) is 14.7 Å². The lowest BCUT2D eigenvalue weighted by molar-refractivity contribution is -0.141. The van der Waals surface area contributed by atoms with Gasteiger partial charge >= 0.3 is 5.97 Å². The van der Waals surface area contributed by atoms with E-state index in [1.807, 2.05) is 31.2 Å². The van der Waals surface area contributed by atoms with Gasteiger partial charge in [0.15, 0.2) is 5.69 Å². The number of thioether (sulfide) groups is 1. The molecular weight excluding hydrogens is 290 g/mol. The van der Waals surface area contributed by atoms with Crippen LogP contribution in [0, 0.1) is 0 Å². The Morgan fingerprint density at radius 2 is 2.10 bits per heavy atom. The lowest BCUT2D eigenvalue weighted by Crippen LogP contribution is -2.45. The fraction of sp³-hybridized carbons (Fsp3) is 0.357. The molecule has 2 heterocycles. The minimum absolute atomic E-state index is 0.167. The topological polar surface area (TPSA) is 75.4 Å². The molecule has 110 valence electrons. The SMILES string of the molecule is CC1SCC(C(=O)O)N1C(=O)c1nn(C)c2ccccc12. The van der Waals surface area contributed by atoms with E-state index in [1.165, 1.54) is 16.7 Å². The van der Waals surface area contributed by atoms with E-state index >= 15 is 0 Å². The molecule has 1 N–H and O–H groups in total. The number of hydrogen-bond donors (Lipinski definition) is 1. The number of carboxylic acid groups (broad SMARTS) is 1. The summed E-state index contributed by atoms with van der Waals surface area (Å²) in [4.78, 5) is 25.5. The Kier molecular flexibility index (Phi) is 3.36. The molecule has 0 saturated carbocycles. The number of carbonyl (C=O) groups excluding carboxylic acids is 1. The molecule has 0 spiro atoms. The van der Waals surface area contributed by atoms with Crippen LogP contribution in [0.3, 0.4) is 0 Å². The average Bonchev–Trinajstić information content (AvgIpc) is 3.00. The summed E-state index contributed by atoms with van der Waals surface area (Å²) in [5, 5.41) is 14.1. The molecule has 6 nitrogen and oxygen atoms in total. The van der Waals surface area contributed by atoms with Crippen LogP contribution < -0.4 is 0 Å². The third-order valence-electron chi connectivity index (χ3n) is 3.70. The summed E-state index contributed by atoms with van der Waals surface area (Å²) in [5.41, 5.74) is 1.17. The van der Waals surface area contributed by atoms with Crippen molar-refractivity contribution in [3.8, 4) is 0 Å². The molecule has 1 fully saturated rings. The van der Waals surface area contributed by atoms with E-state index in [4.69, 9.17) is 0 Å². The molecule has 1 aromatic carbocycles. The number of fused-ring (bicyclic) bond motifs is 1. The van der Waals surface area contributed by atoms with E-state index in [1.54, 1.807) is 11.7 Å². The molecular formula is C14H15N3O3S. The number of carbonyl (C=O) groups is 2. The zero-order valence-electron chi connectivity index (χ0n) is 11.7. The predicted molar refractivity (Wildman–Crippen MR) is 80.2 cm³/mol. The highest BCUT2D eigenvalue weighted by Gasteiger charge is 2.41. The summed E-state index contributed by atoms with van der Waals surface area (Å²) >= 11 is 1.47. The second-order valence-corrected chi connectivity index (χ2v) is 6.34. The molecule has 21 heavy (non-hydrogen) atoms. The summed E-state index contributed by atoms with van der Waals surface area (Å²) in [6, 6.07) is 6.65. The van der Waals surface area contributed by atoms with Crippen LogP contribution in [0.1, 0.15) is 17.4 Å². The number of carboxylic acids is 1. The Bertz CT molecular complexity index is 727. The minimum Gasteiger partial charge on any atom is -0.480 e. The highest BCUT2D eigenvalue weighted by atomic mass is 32.2. The molecule has 7 heteroatoms. The largest absolute Gasteiger partial charge is 0.480 e. The van der Waals surface area contributed by atoms with Crippen molar-refractivity contribution in [2.45, 2.75) is 18.3 Å². The molecule has 1 aliphatic heterocycles. The number of benzene rings is 1. The van der Waals surface area contributed by atoms with Gasteiger partial charge in [0.25, 0.3) is 5.91 Å². The first-order valence-electron chi connectivity index (χ1n) is 6.59. The molecule has 1 aromatic heterocycles. The van der Waals surface area contributed by atoms with Gasteiger partial charge in [0, 0.05) is 18.2 Å². The second-order valence-electron chi connectivity index (χ2n) is 4.99.